The number of pyridine rings is 1. The molecule has 0 bridgehead atoms. The van der Waals surface area contributed by atoms with Gasteiger partial charge >= 0.3 is 12.3 Å². The molecule has 0 radical (unpaired) electrons. The maximum Gasteiger partial charge on any atom is 0.586 e. The molecule has 2 amide bonds. The highest BCUT2D eigenvalue weighted by molar-refractivity contribution is 6.29. The molecule has 0 saturated carbocycles. The molecule has 4 rings (SSSR count). The van der Waals surface area contributed by atoms with E-state index in [9.17, 15) is 28.3 Å². The van der Waals surface area contributed by atoms with Crippen LogP contribution in [-0.2, 0) is 20.8 Å². The quantitative estimate of drug-likeness (QED) is 0.514. The number of carboxylic acids is 1. The second-order valence-electron chi connectivity index (χ2n) is 7.66. The first kappa shape index (κ1) is 21.9. The number of halogens is 3. The van der Waals surface area contributed by atoms with E-state index in [2.05, 4.69) is 14.5 Å². The summed E-state index contributed by atoms with van der Waals surface area (Å²) >= 11 is 5.84. The van der Waals surface area contributed by atoms with Crippen molar-refractivity contribution in [3.63, 3.8) is 0 Å². The molecule has 1 saturated heterocycles. The summed E-state index contributed by atoms with van der Waals surface area (Å²) in [6.45, 7) is 1.66. The molecular weight excluding hydrogens is 450 g/mol. The Balaban J connectivity index is 1.45. The van der Waals surface area contributed by atoms with Crippen LogP contribution >= 0.6 is 11.6 Å². The van der Waals surface area contributed by atoms with Gasteiger partial charge in [0.15, 0.2) is 11.5 Å². The fraction of sp³-hybridized carbons (Fsp3) is 0.333. The molecule has 2 aliphatic heterocycles. The molecular formula is C21H17ClF2N2O6. The number of fused-ring (bicyclic) bond motifs is 1. The van der Waals surface area contributed by atoms with Gasteiger partial charge in [0, 0.05) is 12.6 Å². The lowest BCUT2D eigenvalue weighted by Gasteiger charge is -2.43. The molecule has 1 fully saturated rings. The van der Waals surface area contributed by atoms with Crippen molar-refractivity contribution in [3.8, 4) is 11.5 Å². The van der Waals surface area contributed by atoms with Crippen LogP contribution in [-0.4, -0.2) is 45.1 Å². The van der Waals surface area contributed by atoms with E-state index in [4.69, 9.17) is 11.6 Å². The number of amides is 2. The first-order valence-electron chi connectivity index (χ1n) is 9.64. The van der Waals surface area contributed by atoms with Gasteiger partial charge in [-0.1, -0.05) is 24.6 Å². The molecule has 168 valence electrons. The number of nitrogens with zero attached hydrogens (tertiary/aromatic N) is 2. The van der Waals surface area contributed by atoms with E-state index in [1.54, 1.807) is 13.0 Å². The minimum Gasteiger partial charge on any atom is -0.480 e. The molecule has 1 aromatic heterocycles. The molecule has 32 heavy (non-hydrogen) atoms. The van der Waals surface area contributed by atoms with Gasteiger partial charge in [0.2, 0.25) is 11.8 Å². The fourth-order valence-electron chi connectivity index (χ4n) is 3.88. The number of imide groups is 1. The predicted octanol–water partition coefficient (Wildman–Crippen LogP) is 3.23. The smallest absolute Gasteiger partial charge is 0.480 e. The number of hydrogen-bond acceptors (Lipinski definition) is 6. The molecule has 1 aromatic carbocycles. The minimum atomic E-state index is -3.76. The van der Waals surface area contributed by atoms with Crippen molar-refractivity contribution in [2.75, 3.05) is 0 Å². The number of rotatable bonds is 6. The number of benzene rings is 1. The van der Waals surface area contributed by atoms with Gasteiger partial charge in [-0.25, -0.2) is 9.78 Å². The second kappa shape index (κ2) is 8.01. The van der Waals surface area contributed by atoms with Gasteiger partial charge in [-0.05, 0) is 47.7 Å². The van der Waals surface area contributed by atoms with Crippen molar-refractivity contribution in [2.24, 2.45) is 5.92 Å². The van der Waals surface area contributed by atoms with Crippen molar-refractivity contribution in [1.82, 2.24) is 9.88 Å². The zero-order valence-electron chi connectivity index (χ0n) is 16.6. The lowest BCUT2D eigenvalue weighted by atomic mass is 9.81. The highest BCUT2D eigenvalue weighted by Gasteiger charge is 2.54. The van der Waals surface area contributed by atoms with Crippen LogP contribution in [0.25, 0.3) is 0 Å². The number of alkyl halides is 2. The minimum absolute atomic E-state index is 0.105. The molecule has 0 aliphatic carbocycles. The number of ether oxygens (including phenoxy) is 2. The summed E-state index contributed by atoms with van der Waals surface area (Å²) in [6, 6.07) is 5.99. The Bertz CT molecular complexity index is 1110. The number of β-lactam (4-membered cyclic amide) rings is 1. The van der Waals surface area contributed by atoms with Crippen molar-refractivity contribution in [1.29, 1.82) is 0 Å². The maximum atomic E-state index is 13.2. The molecule has 2 aromatic rings. The van der Waals surface area contributed by atoms with Gasteiger partial charge in [0.25, 0.3) is 0 Å². The predicted molar refractivity (Wildman–Crippen MR) is 105 cm³/mol. The number of likely N-dealkylation sites (tertiary alicyclic amines) is 1. The van der Waals surface area contributed by atoms with Crippen LogP contribution in [0.2, 0.25) is 5.15 Å². The van der Waals surface area contributed by atoms with E-state index >= 15 is 0 Å². The van der Waals surface area contributed by atoms with Crippen molar-refractivity contribution >= 4 is 29.4 Å². The number of carboxylic acid groups (broad SMARTS) is 1. The highest BCUT2D eigenvalue weighted by atomic mass is 35.5. The average molecular weight is 467 g/mol. The van der Waals surface area contributed by atoms with Gasteiger partial charge in [0.05, 0.1) is 5.92 Å². The van der Waals surface area contributed by atoms with Crippen LogP contribution in [0.3, 0.4) is 0 Å². The highest BCUT2D eigenvalue weighted by Crippen LogP contribution is 2.42. The lowest BCUT2D eigenvalue weighted by Crippen LogP contribution is -2.66. The molecule has 0 spiro atoms. The Morgan fingerprint density at radius 1 is 1.25 bits per heavy atom. The van der Waals surface area contributed by atoms with Gasteiger partial charge in [-0.3, -0.25) is 14.5 Å². The number of aromatic nitrogens is 1. The summed E-state index contributed by atoms with van der Waals surface area (Å²) in [5, 5.41) is 9.81. The number of carbonyl (C=O) groups is 3. The van der Waals surface area contributed by atoms with E-state index in [1.807, 2.05) is 0 Å². The average Bonchev–Trinajstić information content (AvgIpc) is 3.02. The SMILES string of the molecule is C[C@@H](CC(=O)N1C(=O)C(Cc2ccnc(Cl)c2)[C@H]1C(=O)O)c1ccc2c(c1)OC(F)(F)O2. The molecule has 3 atom stereocenters. The third kappa shape index (κ3) is 4.10. The molecule has 1 N–H and O–H groups in total. The normalized spacial score (nSPS) is 21.8. The Hall–Kier alpha value is -3.27. The molecule has 3 heterocycles. The van der Waals surface area contributed by atoms with Crippen LogP contribution in [0.4, 0.5) is 8.78 Å². The van der Waals surface area contributed by atoms with Gasteiger partial charge in [-0.2, -0.15) is 0 Å². The second-order valence-corrected chi connectivity index (χ2v) is 8.05. The molecule has 2 aliphatic rings. The Morgan fingerprint density at radius 3 is 2.66 bits per heavy atom. The summed E-state index contributed by atoms with van der Waals surface area (Å²) in [6.07, 6.45) is -2.40. The Labute approximate surface area is 185 Å². The Kier molecular flexibility index (Phi) is 5.49. The largest absolute Gasteiger partial charge is 0.586 e. The third-order valence-corrected chi connectivity index (χ3v) is 5.66. The zero-order chi connectivity index (χ0) is 23.2. The van der Waals surface area contributed by atoms with Crippen molar-refractivity contribution in [3.05, 3.63) is 52.8 Å². The van der Waals surface area contributed by atoms with Crippen LogP contribution in [0, 0.1) is 5.92 Å². The first-order valence-corrected chi connectivity index (χ1v) is 10.0. The van der Waals surface area contributed by atoms with Crippen LogP contribution in [0.5, 0.6) is 11.5 Å². The topological polar surface area (TPSA) is 106 Å². The number of hydrogen-bond donors (Lipinski definition) is 1. The lowest BCUT2D eigenvalue weighted by molar-refractivity contribution is -0.286. The molecule has 11 heteroatoms. The van der Waals surface area contributed by atoms with Crippen molar-refractivity contribution < 1.29 is 37.7 Å². The van der Waals surface area contributed by atoms with Gasteiger partial charge < -0.3 is 14.6 Å². The molecule has 8 nitrogen and oxygen atoms in total. The Morgan fingerprint density at radius 2 is 1.97 bits per heavy atom. The number of aliphatic carboxylic acids is 1. The monoisotopic (exact) mass is 466 g/mol. The van der Waals surface area contributed by atoms with Crippen molar-refractivity contribution in [2.45, 2.75) is 38.0 Å². The summed E-state index contributed by atoms with van der Waals surface area (Å²) < 4.78 is 35.2. The van der Waals surface area contributed by atoms with Crippen LogP contribution in [0.15, 0.2) is 36.5 Å². The molecule has 1 unspecified atom stereocenters. The first-order chi connectivity index (χ1) is 15.1. The van der Waals surface area contributed by atoms with E-state index in [0.29, 0.717) is 11.1 Å². The summed E-state index contributed by atoms with van der Waals surface area (Å²) in [7, 11) is 0. The standard InChI is InChI=1S/C21H17ClF2N2O6/c1-10(12-2-3-14-15(9-12)32-21(23,24)31-14)6-17(27)26-18(20(29)30)13(19(26)28)7-11-4-5-25-16(22)8-11/h2-5,8-10,13,18H,6-7H2,1H3,(H,29,30)/t10-,13?,18-/m0/s1. The van der Waals surface area contributed by atoms with Crippen LogP contribution < -0.4 is 9.47 Å². The van der Waals surface area contributed by atoms with E-state index in [1.165, 1.54) is 30.5 Å². The zero-order valence-corrected chi connectivity index (χ0v) is 17.4. The van der Waals surface area contributed by atoms with Gasteiger partial charge in [-0.15, -0.1) is 8.78 Å². The van der Waals surface area contributed by atoms with E-state index < -0.39 is 42.0 Å². The third-order valence-electron chi connectivity index (χ3n) is 5.46. The van der Waals surface area contributed by atoms with Gasteiger partial charge in [0.1, 0.15) is 11.2 Å². The summed E-state index contributed by atoms with van der Waals surface area (Å²) in [5.41, 5.74) is 1.13. The van der Waals surface area contributed by atoms with E-state index in [0.717, 1.165) is 4.90 Å². The fourth-order valence-corrected chi connectivity index (χ4v) is 4.08. The summed E-state index contributed by atoms with van der Waals surface area (Å²) in [5.74, 6) is -4.23. The van der Waals surface area contributed by atoms with Crippen LogP contribution in [0.1, 0.15) is 30.4 Å². The van der Waals surface area contributed by atoms with E-state index in [-0.39, 0.29) is 29.5 Å². The maximum absolute atomic E-state index is 13.2. The summed E-state index contributed by atoms with van der Waals surface area (Å²) in [4.78, 5) is 41.7. The number of carbonyl (C=O) groups excluding carboxylic acids is 2.